The van der Waals surface area contributed by atoms with Gasteiger partial charge in [0.1, 0.15) is 0 Å². The number of hydrogen-bond acceptors (Lipinski definition) is 5. The Morgan fingerprint density at radius 2 is 2.62 bits per heavy atom. The second-order valence-corrected chi connectivity index (χ2v) is 3.66. The molecule has 0 fully saturated rings. The highest BCUT2D eigenvalue weighted by Crippen LogP contribution is 2.22. The largest absolute Gasteiger partial charge is 0.271 e. The minimum Gasteiger partial charge on any atom is -0.271 e. The van der Waals surface area contributed by atoms with Crippen molar-refractivity contribution in [2.75, 3.05) is 0 Å². The molecular weight excluding hydrogens is 184 g/mol. The van der Waals surface area contributed by atoms with Gasteiger partial charge in [-0.1, -0.05) is 23.6 Å². The molecule has 1 aromatic heterocycles. The van der Waals surface area contributed by atoms with E-state index in [0.717, 1.165) is 17.7 Å². The number of nitrogens with zero attached hydrogens (tertiary/aromatic N) is 2. The zero-order valence-corrected chi connectivity index (χ0v) is 8.47. The molecule has 1 atom stereocenters. The number of nitrogens with one attached hydrogen (secondary N) is 1. The van der Waals surface area contributed by atoms with E-state index in [1.807, 2.05) is 0 Å². The summed E-state index contributed by atoms with van der Waals surface area (Å²) in [4.78, 5) is 1.05. The van der Waals surface area contributed by atoms with Crippen LogP contribution >= 0.6 is 11.5 Å². The van der Waals surface area contributed by atoms with Crippen LogP contribution in [0.25, 0.3) is 0 Å². The number of nitrogens with two attached hydrogens (primary N) is 1. The van der Waals surface area contributed by atoms with Gasteiger partial charge in [-0.15, -0.1) is 5.10 Å². The Bertz CT molecular complexity index is 257. The minimum absolute atomic E-state index is 0.104. The van der Waals surface area contributed by atoms with Crippen LogP contribution in [-0.4, -0.2) is 9.59 Å². The van der Waals surface area contributed by atoms with Crippen LogP contribution in [0.4, 0.5) is 0 Å². The summed E-state index contributed by atoms with van der Waals surface area (Å²) >= 11 is 1.36. The highest BCUT2D eigenvalue weighted by molar-refractivity contribution is 7.05. The van der Waals surface area contributed by atoms with Gasteiger partial charge in [0.2, 0.25) is 0 Å². The molecule has 0 spiro atoms. The van der Waals surface area contributed by atoms with Gasteiger partial charge < -0.3 is 0 Å². The van der Waals surface area contributed by atoms with Gasteiger partial charge in [0, 0.05) is 0 Å². The first kappa shape index (κ1) is 10.3. The summed E-state index contributed by atoms with van der Waals surface area (Å²) in [6.45, 7) is 6.02. The van der Waals surface area contributed by atoms with E-state index in [9.17, 15) is 0 Å². The molecule has 3 N–H and O–H groups in total. The van der Waals surface area contributed by atoms with Crippen LogP contribution in [0.1, 0.15) is 30.7 Å². The molecule has 1 aromatic rings. The molecule has 0 amide bonds. The Hall–Kier alpha value is -0.780. The lowest BCUT2D eigenvalue weighted by atomic mass is 10.1. The molecule has 0 bridgehead atoms. The molecule has 1 heterocycles. The maximum Gasteiger partial charge on any atom is 0.0669 e. The fraction of sp³-hybridized carbons (Fsp3) is 0.500. The summed E-state index contributed by atoms with van der Waals surface area (Å²) in [5.41, 5.74) is 3.92. The first-order valence-electron chi connectivity index (χ1n) is 4.18. The van der Waals surface area contributed by atoms with Gasteiger partial charge in [-0.05, 0) is 24.4 Å². The van der Waals surface area contributed by atoms with Crippen molar-refractivity contribution >= 4 is 11.5 Å². The van der Waals surface area contributed by atoms with Crippen LogP contribution in [-0.2, 0) is 0 Å². The Balaban J connectivity index is 2.58. The van der Waals surface area contributed by atoms with Crippen molar-refractivity contribution in [1.82, 2.24) is 15.0 Å². The molecule has 0 aliphatic heterocycles. The van der Waals surface area contributed by atoms with E-state index < -0.39 is 0 Å². The number of aromatic nitrogens is 2. The van der Waals surface area contributed by atoms with Gasteiger partial charge in [-0.25, -0.2) is 0 Å². The van der Waals surface area contributed by atoms with Gasteiger partial charge in [0.05, 0.1) is 17.1 Å². The summed E-state index contributed by atoms with van der Waals surface area (Å²) in [6, 6.07) is 0.104. The Labute approximate surface area is 82.0 Å². The molecule has 5 heteroatoms. The number of rotatable bonds is 5. The second-order valence-electron chi connectivity index (χ2n) is 2.85. The summed E-state index contributed by atoms with van der Waals surface area (Å²) in [5.74, 6) is 5.43. The lowest BCUT2D eigenvalue weighted by Crippen LogP contribution is -2.27. The molecule has 1 unspecified atom stereocenters. The summed E-state index contributed by atoms with van der Waals surface area (Å²) in [5, 5.41) is 3.77. The van der Waals surface area contributed by atoms with Gasteiger partial charge in [-0.3, -0.25) is 11.3 Å². The van der Waals surface area contributed by atoms with E-state index in [1.54, 1.807) is 6.20 Å². The van der Waals surface area contributed by atoms with Crippen molar-refractivity contribution in [3.8, 4) is 0 Å². The smallest absolute Gasteiger partial charge is 0.0669 e. The van der Waals surface area contributed by atoms with E-state index in [4.69, 9.17) is 5.84 Å². The van der Waals surface area contributed by atoms with Crippen molar-refractivity contribution in [3.63, 3.8) is 0 Å². The second kappa shape index (κ2) is 5.06. The standard InChI is InChI=1S/C8H14N4S/c1-3-6(2)4-7(11-9)8-5-10-12-13-8/h5,7,11H,2-4,9H2,1H3. The molecule has 4 nitrogen and oxygen atoms in total. The molecule has 72 valence electrons. The Kier molecular flexibility index (Phi) is 4.01. The monoisotopic (exact) mass is 198 g/mol. The number of hydrogen-bond donors (Lipinski definition) is 2. The molecule has 0 saturated carbocycles. The molecular formula is C8H14N4S. The van der Waals surface area contributed by atoms with Crippen molar-refractivity contribution in [3.05, 3.63) is 23.2 Å². The van der Waals surface area contributed by atoms with Gasteiger partial charge in [0.15, 0.2) is 0 Å². The summed E-state index contributed by atoms with van der Waals surface area (Å²) < 4.78 is 3.79. The zero-order chi connectivity index (χ0) is 9.68. The van der Waals surface area contributed by atoms with Gasteiger partial charge in [-0.2, -0.15) is 0 Å². The van der Waals surface area contributed by atoms with Crippen molar-refractivity contribution in [2.24, 2.45) is 5.84 Å². The predicted molar refractivity (Wildman–Crippen MR) is 54.0 cm³/mol. The molecule has 0 aliphatic carbocycles. The predicted octanol–water partition coefficient (Wildman–Crippen LogP) is 1.40. The van der Waals surface area contributed by atoms with Crippen LogP contribution in [0.2, 0.25) is 0 Å². The van der Waals surface area contributed by atoms with E-state index in [-0.39, 0.29) is 6.04 Å². The van der Waals surface area contributed by atoms with Crippen molar-refractivity contribution < 1.29 is 0 Å². The molecule has 13 heavy (non-hydrogen) atoms. The van der Waals surface area contributed by atoms with Crippen LogP contribution in [0.3, 0.4) is 0 Å². The van der Waals surface area contributed by atoms with E-state index in [2.05, 4.69) is 28.5 Å². The fourth-order valence-corrected chi connectivity index (χ4v) is 1.56. The van der Waals surface area contributed by atoms with Crippen LogP contribution < -0.4 is 11.3 Å². The first-order valence-corrected chi connectivity index (χ1v) is 4.95. The Morgan fingerprint density at radius 1 is 1.85 bits per heavy atom. The average molecular weight is 198 g/mol. The third kappa shape index (κ3) is 2.87. The molecule has 0 saturated heterocycles. The summed E-state index contributed by atoms with van der Waals surface area (Å²) in [6.07, 6.45) is 3.55. The average Bonchev–Trinajstić information content (AvgIpc) is 2.66. The molecule has 0 aromatic carbocycles. The molecule has 0 aliphatic rings. The third-order valence-corrected chi connectivity index (χ3v) is 2.69. The van der Waals surface area contributed by atoms with Gasteiger partial charge in [0.25, 0.3) is 0 Å². The Morgan fingerprint density at radius 3 is 3.08 bits per heavy atom. The fourth-order valence-electron chi connectivity index (χ4n) is 1.00. The highest BCUT2D eigenvalue weighted by Gasteiger charge is 2.12. The van der Waals surface area contributed by atoms with Crippen molar-refractivity contribution in [1.29, 1.82) is 0 Å². The zero-order valence-electron chi connectivity index (χ0n) is 7.66. The van der Waals surface area contributed by atoms with Crippen LogP contribution in [0, 0.1) is 0 Å². The quantitative estimate of drug-likeness (QED) is 0.426. The highest BCUT2D eigenvalue weighted by atomic mass is 32.1. The van der Waals surface area contributed by atoms with Crippen molar-refractivity contribution in [2.45, 2.75) is 25.8 Å². The topological polar surface area (TPSA) is 63.8 Å². The van der Waals surface area contributed by atoms with Crippen LogP contribution in [0.5, 0.6) is 0 Å². The lowest BCUT2D eigenvalue weighted by Gasteiger charge is -2.13. The molecule has 1 rings (SSSR count). The van der Waals surface area contributed by atoms with Gasteiger partial charge >= 0.3 is 0 Å². The number of hydrazine groups is 1. The van der Waals surface area contributed by atoms with E-state index >= 15 is 0 Å². The lowest BCUT2D eigenvalue weighted by molar-refractivity contribution is 0.552. The van der Waals surface area contributed by atoms with E-state index in [0.29, 0.717) is 0 Å². The SMILES string of the molecule is C=C(CC)CC(NN)c1cnns1. The third-order valence-electron chi connectivity index (χ3n) is 1.92. The summed E-state index contributed by atoms with van der Waals surface area (Å²) in [7, 11) is 0. The normalized spacial score (nSPS) is 12.8. The van der Waals surface area contributed by atoms with Crippen LogP contribution in [0.15, 0.2) is 18.3 Å². The molecule has 0 radical (unpaired) electrons. The first-order chi connectivity index (χ1) is 6.27. The maximum atomic E-state index is 5.43. The minimum atomic E-state index is 0.104. The maximum absolute atomic E-state index is 5.43. The van der Waals surface area contributed by atoms with E-state index in [1.165, 1.54) is 17.1 Å².